The number of hydrogen-bond acceptors (Lipinski definition) is 4. The van der Waals surface area contributed by atoms with Crippen LogP contribution in [0, 0.1) is 0 Å². The van der Waals surface area contributed by atoms with Crippen molar-refractivity contribution >= 4 is 11.8 Å². The molecule has 1 aliphatic heterocycles. The van der Waals surface area contributed by atoms with Gasteiger partial charge in [-0.05, 0) is 30.7 Å². The molecular formula is C13H20N2OS. The average molecular weight is 252 g/mol. The van der Waals surface area contributed by atoms with Crippen LogP contribution in [-0.4, -0.2) is 37.4 Å². The molecule has 17 heavy (non-hydrogen) atoms. The van der Waals surface area contributed by atoms with Crippen LogP contribution < -0.4 is 10.5 Å². The first kappa shape index (κ1) is 12.7. The minimum absolute atomic E-state index is 0.493. The second-order valence-corrected chi connectivity index (χ2v) is 5.36. The molecule has 1 aromatic carbocycles. The van der Waals surface area contributed by atoms with E-state index in [2.05, 4.69) is 17.0 Å². The quantitative estimate of drug-likeness (QED) is 0.871. The highest BCUT2D eigenvalue weighted by Gasteiger charge is 2.25. The van der Waals surface area contributed by atoms with Gasteiger partial charge in [-0.3, -0.25) is 4.90 Å². The van der Waals surface area contributed by atoms with Gasteiger partial charge in [0.2, 0.25) is 0 Å². The van der Waals surface area contributed by atoms with Crippen LogP contribution >= 0.6 is 11.8 Å². The number of benzene rings is 1. The molecule has 1 saturated heterocycles. The Balaban J connectivity index is 2.03. The van der Waals surface area contributed by atoms with Crippen molar-refractivity contribution < 1.29 is 4.74 Å². The molecule has 2 N–H and O–H groups in total. The van der Waals surface area contributed by atoms with Gasteiger partial charge in [-0.15, -0.1) is 11.8 Å². The summed E-state index contributed by atoms with van der Waals surface area (Å²) in [5.74, 6) is 2.13. The van der Waals surface area contributed by atoms with E-state index in [1.165, 1.54) is 17.9 Å². The van der Waals surface area contributed by atoms with E-state index in [-0.39, 0.29) is 0 Å². The third kappa shape index (κ3) is 3.15. The van der Waals surface area contributed by atoms with Crippen LogP contribution in [0.2, 0.25) is 0 Å². The van der Waals surface area contributed by atoms with Crippen molar-refractivity contribution in [1.29, 1.82) is 0 Å². The molecule has 3 nitrogen and oxygen atoms in total. The van der Waals surface area contributed by atoms with E-state index < -0.39 is 0 Å². The summed E-state index contributed by atoms with van der Waals surface area (Å²) in [6.07, 6.45) is 1.08. The highest BCUT2D eigenvalue weighted by molar-refractivity contribution is 7.99. The zero-order valence-corrected chi connectivity index (χ0v) is 11.1. The third-order valence-corrected chi connectivity index (χ3v) is 4.34. The van der Waals surface area contributed by atoms with Crippen LogP contribution in [0.4, 0.5) is 0 Å². The SMILES string of the molecule is COc1ccc(C2SCCN2CCCN)cc1. The van der Waals surface area contributed by atoms with E-state index in [0.717, 1.165) is 25.3 Å². The zero-order valence-electron chi connectivity index (χ0n) is 10.3. The molecule has 0 radical (unpaired) electrons. The molecule has 4 heteroatoms. The highest BCUT2D eigenvalue weighted by Crippen LogP contribution is 2.38. The van der Waals surface area contributed by atoms with Gasteiger partial charge in [0.15, 0.2) is 0 Å². The summed E-state index contributed by atoms with van der Waals surface area (Å²) in [6, 6.07) is 8.40. The third-order valence-electron chi connectivity index (χ3n) is 3.04. The Hall–Kier alpha value is -0.710. The zero-order chi connectivity index (χ0) is 12.1. The first-order valence-corrected chi connectivity index (χ1v) is 7.09. The molecule has 1 unspecified atom stereocenters. The number of nitrogens with two attached hydrogens (primary N) is 1. The summed E-state index contributed by atoms with van der Waals surface area (Å²) in [5, 5.41) is 0.493. The van der Waals surface area contributed by atoms with Gasteiger partial charge in [-0.1, -0.05) is 12.1 Å². The Kier molecular flexibility index (Phi) is 4.71. The van der Waals surface area contributed by atoms with Crippen molar-refractivity contribution in [3.8, 4) is 5.75 Å². The van der Waals surface area contributed by atoms with E-state index in [1.54, 1.807) is 7.11 Å². The van der Waals surface area contributed by atoms with Gasteiger partial charge in [0, 0.05) is 18.8 Å². The molecular weight excluding hydrogens is 232 g/mol. The summed E-state index contributed by atoms with van der Waals surface area (Å²) in [6.45, 7) is 3.04. The van der Waals surface area contributed by atoms with E-state index in [0.29, 0.717) is 5.37 Å². The number of thioether (sulfide) groups is 1. The summed E-state index contributed by atoms with van der Waals surface area (Å²) in [4.78, 5) is 2.51. The molecule has 1 atom stereocenters. The monoisotopic (exact) mass is 252 g/mol. The number of rotatable bonds is 5. The lowest BCUT2D eigenvalue weighted by molar-refractivity contribution is 0.288. The van der Waals surface area contributed by atoms with Gasteiger partial charge in [-0.2, -0.15) is 0 Å². The molecule has 0 saturated carbocycles. The van der Waals surface area contributed by atoms with Crippen LogP contribution in [0.5, 0.6) is 5.75 Å². The summed E-state index contributed by atoms with van der Waals surface area (Å²) >= 11 is 2.01. The van der Waals surface area contributed by atoms with Crippen molar-refractivity contribution in [3.63, 3.8) is 0 Å². The van der Waals surface area contributed by atoms with Gasteiger partial charge in [0.25, 0.3) is 0 Å². The van der Waals surface area contributed by atoms with Gasteiger partial charge in [0.05, 0.1) is 12.5 Å². The van der Waals surface area contributed by atoms with Gasteiger partial charge >= 0.3 is 0 Å². The van der Waals surface area contributed by atoms with Crippen molar-refractivity contribution in [2.24, 2.45) is 5.73 Å². The molecule has 0 aliphatic carbocycles. The highest BCUT2D eigenvalue weighted by atomic mass is 32.2. The molecule has 0 aromatic heterocycles. The van der Waals surface area contributed by atoms with Crippen LogP contribution in [0.25, 0.3) is 0 Å². The summed E-state index contributed by atoms with van der Waals surface area (Å²) in [7, 11) is 1.70. The second kappa shape index (κ2) is 6.28. The number of hydrogen-bond donors (Lipinski definition) is 1. The molecule has 1 fully saturated rings. The Bertz CT molecular complexity index is 342. The predicted octanol–water partition coefficient (Wildman–Crippen LogP) is 2.09. The first-order chi connectivity index (χ1) is 8.35. The molecule has 1 heterocycles. The summed E-state index contributed by atoms with van der Waals surface area (Å²) in [5.41, 5.74) is 6.94. The van der Waals surface area contributed by atoms with Crippen LogP contribution in [0.3, 0.4) is 0 Å². The normalized spacial score (nSPS) is 20.7. The first-order valence-electron chi connectivity index (χ1n) is 6.05. The number of ether oxygens (including phenoxy) is 1. The molecule has 1 aromatic rings. The van der Waals surface area contributed by atoms with E-state index in [4.69, 9.17) is 10.5 Å². The minimum atomic E-state index is 0.493. The lowest BCUT2D eigenvalue weighted by atomic mass is 10.2. The standard InChI is InChI=1S/C13H20N2OS/c1-16-12-5-3-11(4-6-12)13-15(8-2-7-14)9-10-17-13/h3-6,13H,2,7-10,14H2,1H3. The summed E-state index contributed by atoms with van der Waals surface area (Å²) < 4.78 is 5.19. The lowest BCUT2D eigenvalue weighted by Gasteiger charge is -2.23. The van der Waals surface area contributed by atoms with Crippen molar-refractivity contribution in [3.05, 3.63) is 29.8 Å². The van der Waals surface area contributed by atoms with Gasteiger partial charge < -0.3 is 10.5 Å². The Morgan fingerprint density at radius 3 is 2.82 bits per heavy atom. The van der Waals surface area contributed by atoms with Gasteiger partial charge in [-0.25, -0.2) is 0 Å². The maximum Gasteiger partial charge on any atom is 0.118 e. The lowest BCUT2D eigenvalue weighted by Crippen LogP contribution is -2.25. The fraction of sp³-hybridized carbons (Fsp3) is 0.538. The van der Waals surface area contributed by atoms with Crippen LogP contribution in [0.1, 0.15) is 17.4 Å². The molecule has 0 bridgehead atoms. The topological polar surface area (TPSA) is 38.5 Å². The Morgan fingerprint density at radius 1 is 1.41 bits per heavy atom. The molecule has 94 valence electrons. The van der Waals surface area contributed by atoms with Gasteiger partial charge in [0.1, 0.15) is 5.75 Å². The number of nitrogens with zero attached hydrogens (tertiary/aromatic N) is 1. The van der Waals surface area contributed by atoms with E-state index in [9.17, 15) is 0 Å². The maximum atomic E-state index is 5.58. The van der Waals surface area contributed by atoms with Crippen molar-refractivity contribution in [2.45, 2.75) is 11.8 Å². The van der Waals surface area contributed by atoms with Crippen molar-refractivity contribution in [1.82, 2.24) is 4.90 Å². The van der Waals surface area contributed by atoms with Crippen LogP contribution in [-0.2, 0) is 0 Å². The maximum absolute atomic E-state index is 5.58. The largest absolute Gasteiger partial charge is 0.497 e. The molecule has 1 aliphatic rings. The fourth-order valence-electron chi connectivity index (χ4n) is 2.10. The fourth-order valence-corrected chi connectivity index (χ4v) is 3.44. The second-order valence-electron chi connectivity index (χ2n) is 4.17. The smallest absolute Gasteiger partial charge is 0.118 e. The molecule has 2 rings (SSSR count). The Labute approximate surface area is 107 Å². The van der Waals surface area contributed by atoms with E-state index in [1.807, 2.05) is 23.9 Å². The van der Waals surface area contributed by atoms with Crippen LogP contribution in [0.15, 0.2) is 24.3 Å². The minimum Gasteiger partial charge on any atom is -0.497 e. The van der Waals surface area contributed by atoms with E-state index >= 15 is 0 Å². The Morgan fingerprint density at radius 2 is 2.18 bits per heavy atom. The number of methoxy groups -OCH3 is 1. The van der Waals surface area contributed by atoms with Crippen molar-refractivity contribution in [2.75, 3.05) is 32.5 Å². The molecule has 0 amide bonds. The average Bonchev–Trinajstić information content (AvgIpc) is 2.84. The predicted molar refractivity (Wildman–Crippen MR) is 73.4 cm³/mol. The molecule has 0 spiro atoms.